The first-order valence-corrected chi connectivity index (χ1v) is 6.21. The lowest BCUT2D eigenvalue weighted by molar-refractivity contribution is 0.626. The quantitative estimate of drug-likeness (QED) is 0.829. The van der Waals surface area contributed by atoms with Crippen LogP contribution < -0.4 is 11.3 Å². The predicted octanol–water partition coefficient (Wildman–Crippen LogP) is 2.12. The average molecular weight is 261 g/mol. The second-order valence-corrected chi connectivity index (χ2v) is 4.49. The van der Waals surface area contributed by atoms with Crippen molar-refractivity contribution in [2.24, 2.45) is 0 Å². The van der Waals surface area contributed by atoms with Gasteiger partial charge in [0, 0.05) is 12.6 Å². The molecule has 0 saturated heterocycles. The summed E-state index contributed by atoms with van der Waals surface area (Å²) in [6.07, 6.45) is 1.88. The van der Waals surface area contributed by atoms with Crippen LogP contribution in [-0.4, -0.2) is 9.55 Å². The van der Waals surface area contributed by atoms with Gasteiger partial charge >= 0.3 is 0 Å². The highest BCUT2D eigenvalue weighted by atomic mass is 32.1. The number of aromatic amines is 1. The molecule has 1 heterocycles. The molecular weight excluding hydrogens is 246 g/mol. The zero-order chi connectivity index (χ0) is 13.0. The number of aryl methyl sites for hydroxylation is 1. The first-order chi connectivity index (χ1) is 8.66. The molecule has 2 rings (SSSR count). The summed E-state index contributed by atoms with van der Waals surface area (Å²) in [6, 6.07) is 11.6. The Kier molecular flexibility index (Phi) is 3.94. The Balaban J connectivity index is 2.03. The van der Waals surface area contributed by atoms with Gasteiger partial charge in [0.15, 0.2) is 4.77 Å². The minimum absolute atomic E-state index is 0.253. The number of nitrogens with zero attached hydrogens (tertiary/aromatic N) is 1. The monoisotopic (exact) mass is 261 g/mol. The minimum atomic E-state index is -0.253. The highest BCUT2D eigenvalue weighted by Gasteiger charge is 2.00. The molecule has 0 fully saturated rings. The smallest absolute Gasteiger partial charge is 0.253 e. The number of anilines is 1. The Morgan fingerprint density at radius 1 is 1.28 bits per heavy atom. The highest BCUT2D eigenvalue weighted by Crippen LogP contribution is 2.06. The minimum Gasteiger partial charge on any atom is -0.385 e. The SMILES string of the molecule is Nc1cc(=O)[nH]c(=S)n1CCCc1ccccc1. The van der Waals surface area contributed by atoms with Crippen molar-refractivity contribution in [1.29, 1.82) is 0 Å². The predicted molar refractivity (Wildman–Crippen MR) is 75.1 cm³/mol. The number of nitrogen functional groups attached to an aromatic ring is 1. The first-order valence-electron chi connectivity index (χ1n) is 5.80. The van der Waals surface area contributed by atoms with E-state index >= 15 is 0 Å². The number of hydrogen-bond acceptors (Lipinski definition) is 3. The molecule has 0 unspecified atom stereocenters. The maximum Gasteiger partial charge on any atom is 0.253 e. The molecule has 0 bridgehead atoms. The van der Waals surface area contributed by atoms with Crippen molar-refractivity contribution in [3.63, 3.8) is 0 Å². The Morgan fingerprint density at radius 2 is 2.00 bits per heavy atom. The molecule has 0 saturated carbocycles. The summed E-state index contributed by atoms with van der Waals surface area (Å²) in [6.45, 7) is 0.705. The largest absolute Gasteiger partial charge is 0.385 e. The van der Waals surface area contributed by atoms with Gasteiger partial charge in [-0.25, -0.2) is 0 Å². The van der Waals surface area contributed by atoms with Crippen LogP contribution in [0.1, 0.15) is 12.0 Å². The van der Waals surface area contributed by atoms with E-state index in [0.29, 0.717) is 17.1 Å². The number of benzene rings is 1. The van der Waals surface area contributed by atoms with Crippen LogP contribution in [0.4, 0.5) is 5.82 Å². The second kappa shape index (κ2) is 5.64. The summed E-state index contributed by atoms with van der Waals surface area (Å²) < 4.78 is 2.13. The summed E-state index contributed by atoms with van der Waals surface area (Å²) in [5.74, 6) is 0.414. The summed E-state index contributed by atoms with van der Waals surface area (Å²) in [4.78, 5) is 13.7. The Bertz CT molecular complexity index is 631. The fourth-order valence-corrected chi connectivity index (χ4v) is 2.15. The highest BCUT2D eigenvalue weighted by molar-refractivity contribution is 7.71. The second-order valence-electron chi connectivity index (χ2n) is 4.10. The molecule has 1 aromatic carbocycles. The third kappa shape index (κ3) is 3.07. The third-order valence-electron chi connectivity index (χ3n) is 2.76. The van der Waals surface area contributed by atoms with E-state index in [-0.39, 0.29) is 5.56 Å². The molecular formula is C13H15N3OS. The van der Waals surface area contributed by atoms with Crippen LogP contribution in [-0.2, 0) is 13.0 Å². The number of aromatic nitrogens is 2. The molecule has 0 amide bonds. The van der Waals surface area contributed by atoms with Crippen molar-refractivity contribution in [3.8, 4) is 0 Å². The molecule has 0 atom stereocenters. The number of nitrogens with two attached hydrogens (primary N) is 1. The van der Waals surface area contributed by atoms with Gasteiger partial charge in [-0.05, 0) is 30.6 Å². The summed E-state index contributed by atoms with van der Waals surface area (Å²) in [5, 5.41) is 0. The molecule has 0 spiro atoms. The Hall–Kier alpha value is -1.88. The number of nitrogens with one attached hydrogen (secondary N) is 1. The van der Waals surface area contributed by atoms with Crippen molar-refractivity contribution in [2.75, 3.05) is 5.73 Å². The van der Waals surface area contributed by atoms with Gasteiger partial charge in [0.05, 0.1) is 0 Å². The summed E-state index contributed by atoms with van der Waals surface area (Å²) in [5.41, 5.74) is 6.81. The molecule has 4 nitrogen and oxygen atoms in total. The van der Waals surface area contributed by atoms with Crippen LogP contribution in [0.3, 0.4) is 0 Å². The van der Waals surface area contributed by atoms with Crippen molar-refractivity contribution in [1.82, 2.24) is 9.55 Å². The molecule has 0 aliphatic rings. The van der Waals surface area contributed by atoms with Crippen LogP contribution in [0.5, 0.6) is 0 Å². The normalized spacial score (nSPS) is 10.4. The van der Waals surface area contributed by atoms with Crippen LogP contribution in [0, 0.1) is 4.77 Å². The Labute approximate surface area is 110 Å². The fourth-order valence-electron chi connectivity index (χ4n) is 1.86. The van der Waals surface area contributed by atoms with Gasteiger partial charge in [-0.2, -0.15) is 0 Å². The molecule has 2 aromatic rings. The van der Waals surface area contributed by atoms with Crippen LogP contribution >= 0.6 is 12.2 Å². The van der Waals surface area contributed by atoms with Gasteiger partial charge in [0.2, 0.25) is 0 Å². The van der Waals surface area contributed by atoms with E-state index in [0.717, 1.165) is 12.8 Å². The van der Waals surface area contributed by atoms with Crippen molar-refractivity contribution < 1.29 is 0 Å². The fraction of sp³-hybridized carbons (Fsp3) is 0.231. The molecule has 0 aliphatic carbocycles. The molecule has 5 heteroatoms. The molecule has 1 aromatic heterocycles. The van der Waals surface area contributed by atoms with E-state index in [2.05, 4.69) is 17.1 Å². The van der Waals surface area contributed by atoms with Gasteiger partial charge in [0.1, 0.15) is 5.82 Å². The van der Waals surface area contributed by atoms with Gasteiger partial charge in [0.25, 0.3) is 5.56 Å². The molecule has 0 radical (unpaired) electrons. The number of hydrogen-bond donors (Lipinski definition) is 2. The lowest BCUT2D eigenvalue weighted by atomic mass is 10.1. The van der Waals surface area contributed by atoms with Gasteiger partial charge in [-0.3, -0.25) is 9.78 Å². The zero-order valence-corrected chi connectivity index (χ0v) is 10.7. The molecule has 0 aliphatic heterocycles. The maximum absolute atomic E-state index is 11.1. The van der Waals surface area contributed by atoms with Crippen LogP contribution in [0.15, 0.2) is 41.2 Å². The van der Waals surface area contributed by atoms with Crippen molar-refractivity contribution >= 4 is 18.0 Å². The average Bonchev–Trinajstić information content (AvgIpc) is 2.34. The van der Waals surface area contributed by atoms with E-state index in [1.165, 1.54) is 11.6 Å². The number of rotatable bonds is 4. The summed E-state index contributed by atoms with van der Waals surface area (Å²) in [7, 11) is 0. The van der Waals surface area contributed by atoms with Crippen molar-refractivity contribution in [3.05, 3.63) is 57.1 Å². The van der Waals surface area contributed by atoms with E-state index < -0.39 is 0 Å². The molecule has 18 heavy (non-hydrogen) atoms. The van der Waals surface area contributed by atoms with Crippen LogP contribution in [0.25, 0.3) is 0 Å². The lowest BCUT2D eigenvalue weighted by Gasteiger charge is -2.09. The van der Waals surface area contributed by atoms with Gasteiger partial charge < -0.3 is 10.3 Å². The van der Waals surface area contributed by atoms with Gasteiger partial charge in [-0.15, -0.1) is 0 Å². The number of H-pyrrole nitrogens is 1. The molecule has 94 valence electrons. The van der Waals surface area contributed by atoms with E-state index in [4.69, 9.17) is 18.0 Å². The standard InChI is InChI=1S/C13H15N3OS/c14-11-9-12(17)15-13(18)16(11)8-4-7-10-5-2-1-3-6-10/h1-3,5-6,9H,4,7-8,14H2,(H,15,17,18). The maximum atomic E-state index is 11.1. The summed E-state index contributed by atoms with van der Waals surface area (Å²) >= 11 is 5.08. The van der Waals surface area contributed by atoms with Crippen LogP contribution in [0.2, 0.25) is 0 Å². The van der Waals surface area contributed by atoms with Crippen molar-refractivity contribution in [2.45, 2.75) is 19.4 Å². The third-order valence-corrected chi connectivity index (χ3v) is 3.08. The van der Waals surface area contributed by atoms with Gasteiger partial charge in [-0.1, -0.05) is 30.3 Å². The van der Waals surface area contributed by atoms with E-state index in [1.54, 1.807) is 4.57 Å². The van der Waals surface area contributed by atoms with E-state index in [9.17, 15) is 4.79 Å². The topological polar surface area (TPSA) is 63.8 Å². The Morgan fingerprint density at radius 3 is 2.67 bits per heavy atom. The van der Waals surface area contributed by atoms with E-state index in [1.807, 2.05) is 18.2 Å². The lowest BCUT2D eigenvalue weighted by Crippen LogP contribution is -2.16. The zero-order valence-electron chi connectivity index (χ0n) is 9.93. The first kappa shape index (κ1) is 12.6. The molecule has 3 N–H and O–H groups in total.